The normalized spacial score (nSPS) is 33.3. The molecule has 3 aliphatic rings. The van der Waals surface area contributed by atoms with Gasteiger partial charge in [-0.05, 0) is 6.42 Å². The summed E-state index contributed by atoms with van der Waals surface area (Å²) in [5.41, 5.74) is 11.6. The van der Waals surface area contributed by atoms with Crippen molar-refractivity contribution in [2.24, 2.45) is 5.73 Å². The lowest BCUT2D eigenvalue weighted by atomic mass is 10.1. The van der Waals surface area contributed by atoms with E-state index in [2.05, 4.69) is 19.3 Å². The summed E-state index contributed by atoms with van der Waals surface area (Å²) in [5.74, 6) is -0.658. The van der Waals surface area contributed by atoms with Crippen LogP contribution < -0.4 is 11.5 Å². The lowest BCUT2D eigenvalue weighted by molar-refractivity contribution is -0.115. The predicted molar refractivity (Wildman–Crippen MR) is 142 cm³/mol. The molecule has 1 amide bonds. The van der Waals surface area contributed by atoms with E-state index in [1.807, 2.05) is 0 Å². The molecular weight excluding hydrogens is 636 g/mol. The summed E-state index contributed by atoms with van der Waals surface area (Å²) in [7, 11) is -10.7. The number of nitrogen functional groups attached to an aromatic ring is 1. The highest BCUT2D eigenvalue weighted by Gasteiger charge is 2.48. The number of anilines is 1. The highest BCUT2D eigenvalue weighted by atomic mass is 31.3. The monoisotopic (exact) mass is 665 g/mol. The van der Waals surface area contributed by atoms with Gasteiger partial charge in [-0.25, -0.2) is 24.1 Å². The Balaban J connectivity index is 1.15. The number of allylic oxidation sites excluding steroid dienone is 1. The van der Waals surface area contributed by atoms with E-state index in [0.29, 0.717) is 0 Å². The molecule has 2 aromatic rings. The van der Waals surface area contributed by atoms with E-state index < -0.39 is 83.8 Å². The first-order valence-corrected chi connectivity index (χ1v) is 15.7. The summed E-state index contributed by atoms with van der Waals surface area (Å²) in [4.78, 5) is 44.6. The van der Waals surface area contributed by atoms with Gasteiger partial charge in [-0.3, -0.25) is 18.4 Å². The molecule has 0 aromatic carbocycles. The number of fused-ring (bicyclic) bond motifs is 1. The number of ether oxygens (including phenoxy) is 2. The van der Waals surface area contributed by atoms with E-state index in [-0.39, 0.29) is 29.0 Å². The van der Waals surface area contributed by atoms with Gasteiger partial charge in [0.1, 0.15) is 48.5 Å². The predicted octanol–water partition coefficient (Wildman–Crippen LogP) is -2.69. The maximum Gasteiger partial charge on any atom is 0.481 e. The smallest absolute Gasteiger partial charge is 0.387 e. The van der Waals surface area contributed by atoms with Gasteiger partial charge in [0.05, 0.1) is 19.5 Å². The number of primary amides is 1. The minimum atomic E-state index is -5.37. The summed E-state index contributed by atoms with van der Waals surface area (Å²) >= 11 is 0. The summed E-state index contributed by atoms with van der Waals surface area (Å²) in [6.45, 7) is -1.79. The number of amides is 1. The second-order valence-corrected chi connectivity index (χ2v) is 12.9. The number of imidazole rings is 1. The van der Waals surface area contributed by atoms with E-state index in [0.717, 1.165) is 6.33 Å². The molecule has 21 nitrogen and oxygen atoms in total. The lowest BCUT2D eigenvalue weighted by Crippen LogP contribution is -2.40. The van der Waals surface area contributed by atoms with Gasteiger partial charge in [0.25, 0.3) is 0 Å². The molecule has 5 rings (SSSR count). The van der Waals surface area contributed by atoms with Crippen LogP contribution in [0.15, 0.2) is 36.7 Å². The molecular formula is C21H29N7O14P2. The Bertz CT molecular complexity index is 1560. The Labute approximate surface area is 247 Å². The average Bonchev–Trinajstić information content (AvgIpc) is 3.61. The van der Waals surface area contributed by atoms with Gasteiger partial charge in [-0.15, -0.1) is 0 Å². The number of nitrogens with zero attached hydrogens (tertiary/aromatic N) is 5. The molecule has 10 N–H and O–H groups in total. The third-order valence-corrected chi connectivity index (χ3v) is 9.48. The third-order valence-electron chi connectivity index (χ3n) is 6.88. The first kappa shape index (κ1) is 32.5. The molecule has 2 fully saturated rings. The number of hydrogen-bond donors (Lipinski definition) is 8. The maximum atomic E-state index is 12.4. The van der Waals surface area contributed by atoms with Crippen LogP contribution in [0.2, 0.25) is 0 Å². The molecule has 10 atom stereocenters. The summed E-state index contributed by atoms with van der Waals surface area (Å²) in [6, 6.07) is 0. The summed E-state index contributed by atoms with van der Waals surface area (Å²) in [6.07, 6.45) is -4.88. The molecule has 242 valence electrons. The van der Waals surface area contributed by atoms with Gasteiger partial charge >= 0.3 is 15.6 Å². The lowest BCUT2D eigenvalue weighted by Gasteiger charge is -2.28. The number of rotatable bonds is 11. The Morgan fingerprint density at radius 2 is 1.55 bits per heavy atom. The van der Waals surface area contributed by atoms with Crippen molar-refractivity contribution >= 4 is 38.5 Å². The van der Waals surface area contributed by atoms with Crippen LogP contribution in [-0.4, -0.2) is 117 Å². The number of phosphoric ester groups is 2. The van der Waals surface area contributed by atoms with E-state index >= 15 is 0 Å². The van der Waals surface area contributed by atoms with Gasteiger partial charge in [0.2, 0.25) is 5.91 Å². The fourth-order valence-electron chi connectivity index (χ4n) is 4.68. The van der Waals surface area contributed by atoms with E-state index in [9.17, 15) is 44.1 Å². The van der Waals surface area contributed by atoms with Crippen LogP contribution in [0.5, 0.6) is 0 Å². The number of aromatic nitrogens is 4. The Kier molecular flexibility index (Phi) is 9.23. The van der Waals surface area contributed by atoms with Gasteiger partial charge < -0.3 is 56.1 Å². The van der Waals surface area contributed by atoms with Crippen LogP contribution in [0.25, 0.3) is 11.2 Å². The van der Waals surface area contributed by atoms with Crippen LogP contribution in [0.4, 0.5) is 5.82 Å². The molecule has 0 bridgehead atoms. The van der Waals surface area contributed by atoms with Gasteiger partial charge in [0, 0.05) is 18.0 Å². The van der Waals surface area contributed by atoms with Crippen LogP contribution in [0.1, 0.15) is 12.6 Å². The summed E-state index contributed by atoms with van der Waals surface area (Å²) in [5, 5.41) is 41.6. The molecule has 23 heteroatoms. The molecule has 2 saturated heterocycles. The standard InChI is InChI=1S/C21H29N7O14P2/c22-17-12-19(25-7-24-17)28(8-26-12)21-16(32)14(30)11(41-21)6-39-44(36,37)42-43(34,35)38-5-10-13(29)15(31)20(40-10)27-3-1-2-9(4-27)18(23)33/h1,3-4,7-8,10-11,13-16,20-21,29-32H,2,5-6H2,(H2,23,33)(H,34,35)(H,36,37)(H2,22,24,25)/t10?,11-,13+,14-,15+,16-,20?,21-/m1/s1. The van der Waals surface area contributed by atoms with Crippen molar-refractivity contribution in [2.45, 2.75) is 55.5 Å². The second-order valence-electron chi connectivity index (χ2n) is 9.84. The Morgan fingerprint density at radius 1 is 0.955 bits per heavy atom. The van der Waals surface area contributed by atoms with Crippen molar-refractivity contribution in [3.63, 3.8) is 0 Å². The molecule has 4 unspecified atom stereocenters. The SMILES string of the molecule is NC(=O)C1=CN(C2OC(COP(=O)(O)OP(=O)(O)OC[C@H]3O[C@@H](n4cnc5c(N)ncnc54)[C@H](O)[C@@H]3O)[C@H](O)[C@@H]2O)C=CC1. The number of carbonyl (C=O) groups excluding carboxylic acids is 1. The molecule has 0 aliphatic carbocycles. The number of aliphatic hydroxyl groups is 4. The Hall–Kier alpha value is -2.88. The van der Waals surface area contributed by atoms with Crippen molar-refractivity contribution < 1.29 is 67.0 Å². The van der Waals surface area contributed by atoms with Crippen LogP contribution >= 0.6 is 15.6 Å². The van der Waals surface area contributed by atoms with Crippen molar-refractivity contribution in [3.8, 4) is 0 Å². The zero-order valence-electron chi connectivity index (χ0n) is 22.4. The van der Waals surface area contributed by atoms with Crippen LogP contribution in [-0.2, 0) is 36.8 Å². The van der Waals surface area contributed by atoms with Gasteiger partial charge in [-0.2, -0.15) is 4.31 Å². The quantitative estimate of drug-likeness (QED) is 0.113. The fraction of sp³-hybridized carbons (Fsp3) is 0.524. The van der Waals surface area contributed by atoms with Gasteiger partial charge in [-0.1, -0.05) is 6.08 Å². The third kappa shape index (κ3) is 6.70. The number of nitrogens with two attached hydrogens (primary N) is 2. The first-order valence-electron chi connectivity index (χ1n) is 12.7. The van der Waals surface area contributed by atoms with Crippen LogP contribution in [0.3, 0.4) is 0 Å². The highest BCUT2D eigenvalue weighted by Crippen LogP contribution is 2.60. The van der Waals surface area contributed by atoms with E-state index in [1.165, 1.54) is 28.2 Å². The van der Waals surface area contributed by atoms with Crippen molar-refractivity contribution in [2.75, 3.05) is 18.9 Å². The zero-order valence-corrected chi connectivity index (χ0v) is 24.2. The maximum absolute atomic E-state index is 12.4. The van der Waals surface area contributed by atoms with E-state index in [4.69, 9.17) is 30.0 Å². The van der Waals surface area contributed by atoms with Crippen LogP contribution in [0, 0.1) is 0 Å². The molecule has 0 saturated carbocycles. The molecule has 44 heavy (non-hydrogen) atoms. The molecule has 5 heterocycles. The topological polar surface area (TPSA) is 318 Å². The van der Waals surface area contributed by atoms with Crippen molar-refractivity contribution in [1.29, 1.82) is 0 Å². The number of hydrogen-bond acceptors (Lipinski definition) is 17. The zero-order chi connectivity index (χ0) is 32.0. The number of phosphoric acid groups is 2. The molecule has 2 aromatic heterocycles. The largest absolute Gasteiger partial charge is 0.481 e. The van der Waals surface area contributed by atoms with Crippen molar-refractivity contribution in [1.82, 2.24) is 24.4 Å². The molecule has 0 radical (unpaired) electrons. The molecule has 0 spiro atoms. The summed E-state index contributed by atoms with van der Waals surface area (Å²) < 4.78 is 50.8. The second kappa shape index (κ2) is 12.5. The average molecular weight is 665 g/mol. The fourth-order valence-corrected chi connectivity index (χ4v) is 6.77. The van der Waals surface area contributed by atoms with E-state index in [1.54, 1.807) is 6.08 Å². The minimum absolute atomic E-state index is 0.0517. The highest BCUT2D eigenvalue weighted by molar-refractivity contribution is 7.61. The number of aliphatic hydroxyl groups excluding tert-OH is 4. The first-order chi connectivity index (χ1) is 20.7. The minimum Gasteiger partial charge on any atom is -0.387 e. The van der Waals surface area contributed by atoms with Gasteiger partial charge in [0.15, 0.2) is 23.9 Å². The Morgan fingerprint density at radius 3 is 2.16 bits per heavy atom. The van der Waals surface area contributed by atoms with Crippen molar-refractivity contribution in [3.05, 3.63) is 36.7 Å². The number of carbonyl (C=O) groups is 1. The molecule has 3 aliphatic heterocycles.